The average Bonchev–Trinajstić information content (AvgIpc) is 2.83. The SMILES string of the molecule is CC(C)CCN1CCN(Cc2cnn(C)c2)C[C@@H]1CCO. The summed E-state index contributed by atoms with van der Waals surface area (Å²) in [5, 5.41) is 13.6. The standard InChI is InChI=1S/C16H30N4O/c1-14(2)4-6-20-8-7-19(13-16(20)5-9-21)12-15-10-17-18(3)11-15/h10-11,14,16,21H,4-9,12-13H2,1-3H3/t16-/m0/s1. The zero-order chi connectivity index (χ0) is 15.2. The monoisotopic (exact) mass is 294 g/mol. The molecule has 2 heterocycles. The fourth-order valence-electron chi connectivity index (χ4n) is 3.05. The lowest BCUT2D eigenvalue weighted by Crippen LogP contribution is -2.53. The van der Waals surface area contributed by atoms with E-state index in [4.69, 9.17) is 0 Å². The number of piperazine rings is 1. The molecule has 1 aromatic rings. The minimum absolute atomic E-state index is 0.281. The van der Waals surface area contributed by atoms with Crippen molar-refractivity contribution in [1.82, 2.24) is 19.6 Å². The van der Waals surface area contributed by atoms with Crippen molar-refractivity contribution >= 4 is 0 Å². The van der Waals surface area contributed by atoms with Gasteiger partial charge in [0.1, 0.15) is 0 Å². The molecule has 1 N–H and O–H groups in total. The summed E-state index contributed by atoms with van der Waals surface area (Å²) in [6.07, 6.45) is 6.16. The number of hydrogen-bond acceptors (Lipinski definition) is 4. The zero-order valence-electron chi connectivity index (χ0n) is 13.7. The van der Waals surface area contributed by atoms with Crippen LogP contribution in [0.3, 0.4) is 0 Å². The van der Waals surface area contributed by atoms with Crippen LogP contribution >= 0.6 is 0 Å². The first kappa shape index (κ1) is 16.5. The maximum absolute atomic E-state index is 9.33. The van der Waals surface area contributed by atoms with Gasteiger partial charge in [-0.2, -0.15) is 5.10 Å². The Morgan fingerprint density at radius 1 is 1.38 bits per heavy atom. The van der Waals surface area contributed by atoms with Gasteiger partial charge >= 0.3 is 0 Å². The second kappa shape index (κ2) is 7.92. The van der Waals surface area contributed by atoms with E-state index in [0.29, 0.717) is 6.04 Å². The summed E-state index contributed by atoms with van der Waals surface area (Å²) in [5.41, 5.74) is 1.27. The van der Waals surface area contributed by atoms with Gasteiger partial charge in [-0.3, -0.25) is 14.5 Å². The van der Waals surface area contributed by atoms with Crippen molar-refractivity contribution in [3.05, 3.63) is 18.0 Å². The highest BCUT2D eigenvalue weighted by atomic mass is 16.3. The lowest BCUT2D eigenvalue weighted by molar-refractivity contribution is 0.0524. The van der Waals surface area contributed by atoms with Gasteiger partial charge in [0.05, 0.1) is 6.20 Å². The Morgan fingerprint density at radius 3 is 2.81 bits per heavy atom. The molecule has 1 atom stereocenters. The molecule has 1 aliphatic rings. The van der Waals surface area contributed by atoms with E-state index in [1.165, 1.54) is 12.0 Å². The van der Waals surface area contributed by atoms with Crippen LogP contribution in [-0.4, -0.2) is 63.5 Å². The van der Waals surface area contributed by atoms with Crippen LogP contribution in [0.2, 0.25) is 0 Å². The molecule has 1 fully saturated rings. The van der Waals surface area contributed by atoms with Crippen LogP contribution in [0.1, 0.15) is 32.3 Å². The van der Waals surface area contributed by atoms with E-state index >= 15 is 0 Å². The van der Waals surface area contributed by atoms with E-state index in [-0.39, 0.29) is 6.61 Å². The maximum Gasteiger partial charge on any atom is 0.0534 e. The lowest BCUT2D eigenvalue weighted by Gasteiger charge is -2.41. The molecule has 5 nitrogen and oxygen atoms in total. The van der Waals surface area contributed by atoms with Gasteiger partial charge in [-0.1, -0.05) is 13.8 Å². The minimum Gasteiger partial charge on any atom is -0.396 e. The Bertz CT molecular complexity index is 418. The number of rotatable bonds is 7. The largest absolute Gasteiger partial charge is 0.396 e. The Balaban J connectivity index is 1.87. The van der Waals surface area contributed by atoms with Crippen molar-refractivity contribution in [2.75, 3.05) is 32.8 Å². The van der Waals surface area contributed by atoms with E-state index < -0.39 is 0 Å². The van der Waals surface area contributed by atoms with Crippen LogP contribution in [0, 0.1) is 5.92 Å². The Kier molecular flexibility index (Phi) is 6.21. The van der Waals surface area contributed by atoms with Gasteiger partial charge < -0.3 is 5.11 Å². The number of aromatic nitrogens is 2. The molecular formula is C16H30N4O. The highest BCUT2D eigenvalue weighted by Crippen LogP contribution is 2.17. The van der Waals surface area contributed by atoms with Gasteiger partial charge in [0.25, 0.3) is 0 Å². The molecule has 21 heavy (non-hydrogen) atoms. The lowest BCUT2D eigenvalue weighted by atomic mass is 10.1. The first-order chi connectivity index (χ1) is 10.1. The molecule has 0 unspecified atom stereocenters. The van der Waals surface area contributed by atoms with Gasteiger partial charge in [0.15, 0.2) is 0 Å². The first-order valence-electron chi connectivity index (χ1n) is 8.13. The minimum atomic E-state index is 0.281. The summed E-state index contributed by atoms with van der Waals surface area (Å²) < 4.78 is 1.86. The summed E-state index contributed by atoms with van der Waals surface area (Å²) in [6, 6.07) is 0.485. The van der Waals surface area contributed by atoms with Crippen molar-refractivity contribution in [3.8, 4) is 0 Å². The molecule has 0 bridgehead atoms. The van der Waals surface area contributed by atoms with Gasteiger partial charge in [0.2, 0.25) is 0 Å². The maximum atomic E-state index is 9.33. The number of hydrogen-bond donors (Lipinski definition) is 1. The molecular weight excluding hydrogens is 264 g/mol. The first-order valence-corrected chi connectivity index (χ1v) is 8.13. The normalized spacial score (nSPS) is 21.3. The van der Waals surface area contributed by atoms with E-state index in [1.807, 2.05) is 17.9 Å². The highest BCUT2D eigenvalue weighted by Gasteiger charge is 2.26. The topological polar surface area (TPSA) is 44.5 Å². The highest BCUT2D eigenvalue weighted by molar-refractivity contribution is 5.04. The van der Waals surface area contributed by atoms with E-state index in [2.05, 4.69) is 34.9 Å². The molecule has 1 aliphatic heterocycles. The molecule has 1 saturated heterocycles. The summed E-state index contributed by atoms with van der Waals surface area (Å²) in [6.45, 7) is 10.2. The van der Waals surface area contributed by atoms with Crippen LogP contribution < -0.4 is 0 Å². The molecule has 0 spiro atoms. The van der Waals surface area contributed by atoms with Crippen molar-refractivity contribution in [2.45, 2.75) is 39.3 Å². The summed E-state index contributed by atoms with van der Waals surface area (Å²) in [4.78, 5) is 5.05. The second-order valence-electron chi connectivity index (χ2n) is 6.64. The van der Waals surface area contributed by atoms with Crippen LogP contribution in [-0.2, 0) is 13.6 Å². The average molecular weight is 294 g/mol. The van der Waals surface area contributed by atoms with Crippen molar-refractivity contribution in [2.24, 2.45) is 13.0 Å². The van der Waals surface area contributed by atoms with E-state index in [0.717, 1.165) is 45.1 Å². The van der Waals surface area contributed by atoms with Crippen molar-refractivity contribution in [3.63, 3.8) is 0 Å². The molecule has 5 heteroatoms. The van der Waals surface area contributed by atoms with Crippen LogP contribution in [0.15, 0.2) is 12.4 Å². The van der Waals surface area contributed by atoms with Gasteiger partial charge in [-0.25, -0.2) is 0 Å². The summed E-state index contributed by atoms with van der Waals surface area (Å²) in [5.74, 6) is 0.744. The van der Waals surface area contributed by atoms with Crippen LogP contribution in [0.4, 0.5) is 0 Å². The Morgan fingerprint density at radius 2 is 2.19 bits per heavy atom. The van der Waals surface area contributed by atoms with Crippen molar-refractivity contribution < 1.29 is 5.11 Å². The summed E-state index contributed by atoms with van der Waals surface area (Å²) >= 11 is 0. The van der Waals surface area contributed by atoms with Crippen molar-refractivity contribution in [1.29, 1.82) is 0 Å². The fourth-order valence-corrected chi connectivity index (χ4v) is 3.05. The van der Waals surface area contributed by atoms with Gasteiger partial charge in [-0.05, 0) is 25.3 Å². The molecule has 120 valence electrons. The Labute approximate surface area is 128 Å². The number of aliphatic hydroxyl groups is 1. The molecule has 1 aromatic heterocycles. The van der Waals surface area contributed by atoms with Crippen LogP contribution in [0.25, 0.3) is 0 Å². The van der Waals surface area contributed by atoms with Crippen LogP contribution in [0.5, 0.6) is 0 Å². The third-order valence-electron chi connectivity index (χ3n) is 4.31. The molecule has 0 aromatic carbocycles. The summed E-state index contributed by atoms with van der Waals surface area (Å²) in [7, 11) is 1.96. The quantitative estimate of drug-likeness (QED) is 0.824. The molecule has 0 aliphatic carbocycles. The third kappa shape index (κ3) is 5.09. The molecule has 2 rings (SSSR count). The number of aryl methyl sites for hydroxylation is 1. The third-order valence-corrected chi connectivity index (χ3v) is 4.31. The smallest absolute Gasteiger partial charge is 0.0534 e. The second-order valence-corrected chi connectivity index (χ2v) is 6.64. The molecule has 0 radical (unpaired) electrons. The number of nitrogens with zero attached hydrogens (tertiary/aromatic N) is 4. The zero-order valence-corrected chi connectivity index (χ0v) is 13.7. The predicted molar refractivity (Wildman–Crippen MR) is 85.0 cm³/mol. The van der Waals surface area contributed by atoms with E-state index in [9.17, 15) is 5.11 Å². The predicted octanol–water partition coefficient (Wildman–Crippen LogP) is 1.33. The molecule has 0 amide bonds. The Hall–Kier alpha value is -0.910. The fraction of sp³-hybridized carbons (Fsp3) is 0.812. The molecule has 0 saturated carbocycles. The van der Waals surface area contributed by atoms with Gasteiger partial charge in [-0.15, -0.1) is 0 Å². The number of aliphatic hydroxyl groups excluding tert-OH is 1. The van der Waals surface area contributed by atoms with Gasteiger partial charge in [0, 0.05) is 57.6 Å². The van der Waals surface area contributed by atoms with E-state index in [1.54, 1.807) is 0 Å².